The minimum Gasteiger partial charge on any atom is -0.421 e. The first-order valence-electron chi connectivity index (χ1n) is 9.45. The van der Waals surface area contributed by atoms with Crippen LogP contribution in [0.15, 0.2) is 67.0 Å². The molecule has 4 aromatic rings. The predicted molar refractivity (Wildman–Crippen MR) is 108 cm³/mol. The largest absolute Gasteiger partial charge is 0.421 e. The number of esters is 1. The fourth-order valence-electron chi connectivity index (χ4n) is 3.39. The van der Waals surface area contributed by atoms with Crippen LogP contribution in [0.25, 0.3) is 21.8 Å². The number of fused-ring (bicyclic) bond motifs is 2. The normalized spacial score (nSPS) is 12.4. The van der Waals surface area contributed by atoms with Crippen LogP contribution < -0.4 is 4.74 Å². The standard InChI is InChI=1S/C23H21FN2O2/c1-2-17(24)12-14-26-15-19(18-9-3-4-10-20(18)26)23(27)28-21-11-5-7-16-8-6-13-25-22(16)21/h3-11,13,15,17H,2,12,14H2,1H3. The Hall–Kier alpha value is -3.21. The van der Waals surface area contributed by atoms with Crippen molar-refractivity contribution >= 4 is 27.8 Å². The number of para-hydroxylation sites is 2. The summed E-state index contributed by atoms with van der Waals surface area (Å²) < 4.78 is 21.3. The molecule has 2 aromatic heterocycles. The van der Waals surface area contributed by atoms with E-state index in [1.165, 1.54) is 0 Å². The molecule has 5 heteroatoms. The van der Waals surface area contributed by atoms with Crippen molar-refractivity contribution < 1.29 is 13.9 Å². The van der Waals surface area contributed by atoms with Crippen LogP contribution in [0.4, 0.5) is 4.39 Å². The van der Waals surface area contributed by atoms with Crippen LogP contribution >= 0.6 is 0 Å². The summed E-state index contributed by atoms with van der Waals surface area (Å²) in [6.07, 6.45) is 3.48. The fraction of sp³-hybridized carbons (Fsp3) is 0.217. The van der Waals surface area contributed by atoms with Crippen LogP contribution in [0.3, 0.4) is 0 Å². The van der Waals surface area contributed by atoms with Gasteiger partial charge in [0, 0.05) is 35.2 Å². The third-order valence-corrected chi connectivity index (χ3v) is 4.93. The smallest absolute Gasteiger partial charge is 0.345 e. The van der Waals surface area contributed by atoms with Crippen molar-refractivity contribution in [2.45, 2.75) is 32.5 Å². The van der Waals surface area contributed by atoms with Crippen molar-refractivity contribution in [2.24, 2.45) is 0 Å². The predicted octanol–water partition coefficient (Wildman–Crippen LogP) is 5.55. The number of carbonyl (C=O) groups excluding carboxylic acids is 1. The van der Waals surface area contributed by atoms with E-state index >= 15 is 0 Å². The Morgan fingerprint density at radius 3 is 2.82 bits per heavy atom. The molecule has 0 saturated heterocycles. The molecule has 0 bridgehead atoms. The summed E-state index contributed by atoms with van der Waals surface area (Å²) in [5, 5.41) is 1.70. The fourth-order valence-corrected chi connectivity index (χ4v) is 3.39. The zero-order chi connectivity index (χ0) is 19.5. The van der Waals surface area contributed by atoms with Gasteiger partial charge in [-0.05, 0) is 31.0 Å². The van der Waals surface area contributed by atoms with Gasteiger partial charge in [-0.2, -0.15) is 0 Å². The minimum atomic E-state index is -0.849. The van der Waals surface area contributed by atoms with Crippen LogP contribution in [0, 0.1) is 0 Å². The summed E-state index contributed by atoms with van der Waals surface area (Å²) >= 11 is 0. The Balaban J connectivity index is 1.67. The maximum atomic E-state index is 13.7. The summed E-state index contributed by atoms with van der Waals surface area (Å²) in [5.41, 5.74) is 2.01. The number of nitrogens with zero attached hydrogens (tertiary/aromatic N) is 2. The van der Waals surface area contributed by atoms with E-state index in [0.717, 1.165) is 16.3 Å². The number of alkyl halides is 1. The molecule has 0 N–H and O–H groups in total. The zero-order valence-corrected chi connectivity index (χ0v) is 15.6. The number of carbonyl (C=O) groups is 1. The number of pyridine rings is 1. The lowest BCUT2D eigenvalue weighted by atomic mass is 10.2. The topological polar surface area (TPSA) is 44.1 Å². The molecule has 0 radical (unpaired) electrons. The lowest BCUT2D eigenvalue weighted by molar-refractivity contribution is 0.0738. The van der Waals surface area contributed by atoms with Crippen LogP contribution in [0.1, 0.15) is 30.1 Å². The van der Waals surface area contributed by atoms with E-state index in [1.807, 2.05) is 60.0 Å². The molecule has 0 aliphatic heterocycles. The van der Waals surface area contributed by atoms with Crippen LogP contribution in [0.5, 0.6) is 5.75 Å². The molecule has 28 heavy (non-hydrogen) atoms. The molecule has 2 aromatic carbocycles. The van der Waals surface area contributed by atoms with Crippen molar-refractivity contribution in [3.63, 3.8) is 0 Å². The summed E-state index contributed by atoms with van der Waals surface area (Å²) in [4.78, 5) is 17.3. The van der Waals surface area contributed by atoms with Crippen molar-refractivity contribution in [1.82, 2.24) is 9.55 Å². The van der Waals surface area contributed by atoms with Gasteiger partial charge in [0.25, 0.3) is 0 Å². The van der Waals surface area contributed by atoms with Gasteiger partial charge in [0.1, 0.15) is 11.7 Å². The maximum absolute atomic E-state index is 13.7. The average molecular weight is 376 g/mol. The number of halogens is 1. The maximum Gasteiger partial charge on any atom is 0.345 e. The van der Waals surface area contributed by atoms with Gasteiger partial charge in [-0.3, -0.25) is 4.98 Å². The summed E-state index contributed by atoms with van der Waals surface area (Å²) in [5.74, 6) is -0.0184. The van der Waals surface area contributed by atoms with Crippen LogP contribution in [-0.2, 0) is 6.54 Å². The van der Waals surface area contributed by atoms with Gasteiger partial charge in [0.15, 0.2) is 5.75 Å². The average Bonchev–Trinajstić information content (AvgIpc) is 3.11. The molecule has 1 atom stereocenters. The Morgan fingerprint density at radius 2 is 1.96 bits per heavy atom. The number of benzene rings is 2. The molecule has 142 valence electrons. The Kier molecular flexibility index (Phi) is 5.06. The molecular weight excluding hydrogens is 355 g/mol. The van der Waals surface area contributed by atoms with E-state index in [1.54, 1.807) is 18.5 Å². The number of hydrogen-bond acceptors (Lipinski definition) is 3. The molecule has 2 heterocycles. The van der Waals surface area contributed by atoms with Gasteiger partial charge >= 0.3 is 5.97 Å². The summed E-state index contributed by atoms with van der Waals surface area (Å²) in [6, 6.07) is 16.9. The van der Waals surface area contributed by atoms with Crippen molar-refractivity contribution in [1.29, 1.82) is 0 Å². The van der Waals surface area contributed by atoms with Crippen LogP contribution in [0.2, 0.25) is 0 Å². The Bertz CT molecular complexity index is 1130. The second-order valence-electron chi connectivity index (χ2n) is 6.77. The third-order valence-electron chi connectivity index (χ3n) is 4.93. The van der Waals surface area contributed by atoms with Gasteiger partial charge in [0.05, 0.1) is 5.56 Å². The minimum absolute atomic E-state index is 0.414. The molecule has 0 fully saturated rings. The highest BCUT2D eigenvalue weighted by Gasteiger charge is 2.18. The van der Waals surface area contributed by atoms with Gasteiger partial charge in [-0.1, -0.05) is 43.3 Å². The SMILES string of the molecule is CCC(F)CCn1cc(C(=O)Oc2cccc3cccnc23)c2ccccc21. The highest BCUT2D eigenvalue weighted by Crippen LogP contribution is 2.27. The van der Waals surface area contributed by atoms with Crippen molar-refractivity contribution in [3.05, 3.63) is 72.6 Å². The number of ether oxygens (including phenoxy) is 1. The van der Waals surface area contributed by atoms with E-state index < -0.39 is 12.1 Å². The van der Waals surface area contributed by atoms with E-state index in [4.69, 9.17) is 4.74 Å². The zero-order valence-electron chi connectivity index (χ0n) is 15.6. The number of aromatic nitrogens is 2. The number of aryl methyl sites for hydroxylation is 1. The molecule has 0 aliphatic rings. The monoisotopic (exact) mass is 376 g/mol. The molecule has 4 nitrogen and oxygen atoms in total. The molecule has 0 saturated carbocycles. The van der Waals surface area contributed by atoms with E-state index in [9.17, 15) is 9.18 Å². The first-order chi connectivity index (χ1) is 13.7. The third kappa shape index (κ3) is 3.48. The first kappa shape index (κ1) is 18.2. The molecule has 1 unspecified atom stereocenters. The quantitative estimate of drug-likeness (QED) is 0.327. The highest BCUT2D eigenvalue weighted by atomic mass is 19.1. The highest BCUT2D eigenvalue weighted by molar-refractivity contribution is 6.05. The summed E-state index contributed by atoms with van der Waals surface area (Å²) in [7, 11) is 0. The summed E-state index contributed by atoms with van der Waals surface area (Å²) in [6.45, 7) is 2.35. The molecule has 0 spiro atoms. The van der Waals surface area contributed by atoms with Crippen molar-refractivity contribution in [3.8, 4) is 5.75 Å². The Morgan fingerprint density at radius 1 is 1.14 bits per heavy atom. The molecular formula is C23H21FN2O2. The molecule has 0 amide bonds. The lowest BCUT2D eigenvalue weighted by Gasteiger charge is -2.07. The van der Waals surface area contributed by atoms with Crippen molar-refractivity contribution in [2.75, 3.05) is 0 Å². The molecule has 4 rings (SSSR count). The Labute approximate surface area is 162 Å². The number of hydrogen-bond donors (Lipinski definition) is 0. The second kappa shape index (κ2) is 7.80. The van der Waals surface area contributed by atoms with Gasteiger partial charge < -0.3 is 9.30 Å². The van der Waals surface area contributed by atoms with Gasteiger partial charge in [-0.15, -0.1) is 0 Å². The first-order valence-corrected chi connectivity index (χ1v) is 9.45. The van der Waals surface area contributed by atoms with E-state index in [-0.39, 0.29) is 0 Å². The van der Waals surface area contributed by atoms with Crippen LogP contribution in [-0.4, -0.2) is 21.7 Å². The van der Waals surface area contributed by atoms with Gasteiger partial charge in [0.2, 0.25) is 0 Å². The van der Waals surface area contributed by atoms with E-state index in [2.05, 4.69) is 4.98 Å². The lowest BCUT2D eigenvalue weighted by Crippen LogP contribution is -2.09. The number of rotatable bonds is 6. The molecule has 0 aliphatic carbocycles. The van der Waals surface area contributed by atoms with Gasteiger partial charge in [-0.25, -0.2) is 9.18 Å². The van der Waals surface area contributed by atoms with E-state index in [0.29, 0.717) is 36.2 Å². The second-order valence-corrected chi connectivity index (χ2v) is 6.77.